The number of amides is 1. The molecule has 0 atom stereocenters. The van der Waals surface area contributed by atoms with E-state index in [9.17, 15) is 4.79 Å². The molecule has 0 bridgehead atoms. The fourth-order valence-corrected chi connectivity index (χ4v) is 4.21. The molecule has 0 radical (unpaired) electrons. The molecule has 0 aliphatic rings. The first-order chi connectivity index (χ1) is 12.1. The van der Waals surface area contributed by atoms with E-state index in [1.54, 1.807) is 19.2 Å². The first-order valence-electron chi connectivity index (χ1n) is 7.66. The van der Waals surface area contributed by atoms with Crippen molar-refractivity contribution in [1.29, 1.82) is 0 Å². The second kappa shape index (κ2) is 8.27. The Morgan fingerprint density at radius 2 is 2.04 bits per heavy atom. The molecule has 0 fully saturated rings. The van der Waals surface area contributed by atoms with Crippen LogP contribution in [0.1, 0.15) is 5.56 Å². The number of ether oxygens (including phenoxy) is 1. The second-order valence-corrected chi connectivity index (χ2v) is 7.81. The van der Waals surface area contributed by atoms with Gasteiger partial charge in [-0.2, -0.15) is 4.99 Å². The largest absolute Gasteiger partial charge is 0.383 e. The Morgan fingerprint density at radius 1 is 1.28 bits per heavy atom. The third-order valence-corrected chi connectivity index (χ3v) is 5.44. The van der Waals surface area contributed by atoms with Gasteiger partial charge >= 0.3 is 0 Å². The zero-order chi connectivity index (χ0) is 17.8. The van der Waals surface area contributed by atoms with Crippen LogP contribution in [-0.4, -0.2) is 24.2 Å². The van der Waals surface area contributed by atoms with Crippen LogP contribution in [0.25, 0.3) is 10.2 Å². The van der Waals surface area contributed by atoms with Crippen LogP contribution in [0.3, 0.4) is 0 Å². The zero-order valence-electron chi connectivity index (χ0n) is 13.5. The van der Waals surface area contributed by atoms with Crippen molar-refractivity contribution < 1.29 is 9.53 Å². The molecule has 0 aliphatic carbocycles. The molecule has 1 aromatic heterocycles. The van der Waals surface area contributed by atoms with Gasteiger partial charge in [0.2, 0.25) is 0 Å². The molecule has 0 N–H and O–H groups in total. The van der Waals surface area contributed by atoms with E-state index >= 15 is 0 Å². The number of methoxy groups -OCH3 is 1. The Hall–Kier alpha value is -1.47. The summed E-state index contributed by atoms with van der Waals surface area (Å²) in [6.45, 7) is 1.20. The van der Waals surface area contributed by atoms with Crippen LogP contribution in [-0.2, 0) is 22.5 Å². The molecule has 4 nitrogen and oxygen atoms in total. The van der Waals surface area contributed by atoms with Crippen molar-refractivity contribution in [2.24, 2.45) is 4.99 Å². The summed E-state index contributed by atoms with van der Waals surface area (Å²) in [5.41, 5.74) is 1.94. The first-order valence-corrected chi connectivity index (χ1v) is 9.65. The summed E-state index contributed by atoms with van der Waals surface area (Å²) >= 11 is 10.9. The third-order valence-electron chi connectivity index (χ3n) is 3.65. The Morgan fingerprint density at radius 3 is 2.76 bits per heavy atom. The lowest BCUT2D eigenvalue weighted by Gasteiger charge is -2.04. The van der Waals surface area contributed by atoms with E-state index in [2.05, 4.69) is 20.9 Å². The maximum atomic E-state index is 12.4. The van der Waals surface area contributed by atoms with Crippen LogP contribution >= 0.6 is 38.9 Å². The van der Waals surface area contributed by atoms with Gasteiger partial charge in [0.25, 0.3) is 5.91 Å². The van der Waals surface area contributed by atoms with Gasteiger partial charge in [-0.3, -0.25) is 4.79 Å². The minimum absolute atomic E-state index is 0.181. The van der Waals surface area contributed by atoms with E-state index < -0.39 is 0 Å². The van der Waals surface area contributed by atoms with Crippen molar-refractivity contribution in [2.45, 2.75) is 13.0 Å². The molecule has 130 valence electrons. The SMILES string of the molecule is COCCn1c(=NC(=O)Cc2ccc(Cl)cc2)sc2cc(Br)ccc21. The molecule has 0 saturated carbocycles. The van der Waals surface area contributed by atoms with Crippen molar-refractivity contribution >= 4 is 55.0 Å². The monoisotopic (exact) mass is 438 g/mol. The van der Waals surface area contributed by atoms with Crippen molar-refractivity contribution in [3.63, 3.8) is 0 Å². The number of fused-ring (bicyclic) bond motifs is 1. The van der Waals surface area contributed by atoms with Crippen molar-refractivity contribution in [3.8, 4) is 0 Å². The normalized spacial score (nSPS) is 12.0. The van der Waals surface area contributed by atoms with Gasteiger partial charge in [-0.05, 0) is 35.9 Å². The lowest BCUT2D eigenvalue weighted by Crippen LogP contribution is -2.19. The van der Waals surface area contributed by atoms with Gasteiger partial charge in [-0.15, -0.1) is 0 Å². The van der Waals surface area contributed by atoms with Crippen molar-refractivity contribution in [3.05, 3.63) is 62.3 Å². The summed E-state index contributed by atoms with van der Waals surface area (Å²) < 4.78 is 9.29. The molecule has 7 heteroatoms. The molecule has 25 heavy (non-hydrogen) atoms. The van der Waals surface area contributed by atoms with Gasteiger partial charge in [0.1, 0.15) is 0 Å². The predicted octanol–water partition coefficient (Wildman–Crippen LogP) is 4.44. The predicted molar refractivity (Wildman–Crippen MR) is 105 cm³/mol. The fourth-order valence-electron chi connectivity index (χ4n) is 2.45. The highest BCUT2D eigenvalue weighted by atomic mass is 79.9. The number of hydrogen-bond acceptors (Lipinski definition) is 3. The number of nitrogens with zero attached hydrogens (tertiary/aromatic N) is 2. The average molecular weight is 440 g/mol. The highest BCUT2D eigenvalue weighted by Crippen LogP contribution is 2.22. The molecular weight excluding hydrogens is 424 g/mol. The molecule has 0 aliphatic heterocycles. The molecule has 3 rings (SSSR count). The van der Waals surface area contributed by atoms with Crippen LogP contribution < -0.4 is 4.80 Å². The quantitative estimate of drug-likeness (QED) is 0.590. The number of hydrogen-bond donors (Lipinski definition) is 0. The summed E-state index contributed by atoms with van der Waals surface area (Å²) in [5, 5.41) is 0.653. The highest BCUT2D eigenvalue weighted by molar-refractivity contribution is 9.10. The summed E-state index contributed by atoms with van der Waals surface area (Å²) in [6.07, 6.45) is 0.249. The lowest BCUT2D eigenvalue weighted by molar-refractivity contribution is -0.117. The van der Waals surface area contributed by atoms with Crippen LogP contribution in [0.2, 0.25) is 5.02 Å². The Kier molecular flexibility index (Phi) is 6.06. The van der Waals surface area contributed by atoms with E-state index in [1.807, 2.05) is 34.9 Å². The number of carbonyl (C=O) groups is 1. The van der Waals surface area contributed by atoms with Gasteiger partial charge in [-0.1, -0.05) is 51.0 Å². The third kappa shape index (κ3) is 4.58. The first kappa shape index (κ1) is 18.3. The Balaban J connectivity index is 1.96. The average Bonchev–Trinajstić information content (AvgIpc) is 2.91. The van der Waals surface area contributed by atoms with E-state index in [4.69, 9.17) is 16.3 Å². The number of aromatic nitrogens is 1. The maximum Gasteiger partial charge on any atom is 0.252 e. The van der Waals surface area contributed by atoms with E-state index in [0.717, 1.165) is 20.3 Å². The van der Waals surface area contributed by atoms with Crippen LogP contribution in [0, 0.1) is 0 Å². The summed E-state index contributed by atoms with van der Waals surface area (Å²) in [6, 6.07) is 13.3. The minimum Gasteiger partial charge on any atom is -0.383 e. The number of carbonyl (C=O) groups excluding carboxylic acids is 1. The maximum absolute atomic E-state index is 12.4. The van der Waals surface area contributed by atoms with E-state index in [0.29, 0.717) is 23.0 Å². The zero-order valence-corrected chi connectivity index (χ0v) is 16.7. The van der Waals surface area contributed by atoms with E-state index in [1.165, 1.54) is 11.3 Å². The Labute approximate surface area is 162 Å². The number of benzene rings is 2. The van der Waals surface area contributed by atoms with Gasteiger partial charge in [0.15, 0.2) is 4.80 Å². The van der Waals surface area contributed by atoms with Crippen molar-refractivity contribution in [2.75, 3.05) is 13.7 Å². The molecule has 2 aromatic carbocycles. The van der Waals surface area contributed by atoms with Crippen LogP contribution in [0.15, 0.2) is 51.9 Å². The number of halogens is 2. The molecule has 3 aromatic rings. The van der Waals surface area contributed by atoms with Gasteiger partial charge in [0.05, 0.1) is 23.2 Å². The topological polar surface area (TPSA) is 43.6 Å². The van der Waals surface area contributed by atoms with Gasteiger partial charge < -0.3 is 9.30 Å². The molecule has 0 saturated heterocycles. The minimum atomic E-state index is -0.181. The smallest absolute Gasteiger partial charge is 0.252 e. The van der Waals surface area contributed by atoms with Gasteiger partial charge in [-0.25, -0.2) is 0 Å². The lowest BCUT2D eigenvalue weighted by atomic mass is 10.1. The second-order valence-electron chi connectivity index (χ2n) is 5.45. The summed E-state index contributed by atoms with van der Waals surface area (Å²) in [7, 11) is 1.66. The molecule has 1 amide bonds. The highest BCUT2D eigenvalue weighted by Gasteiger charge is 2.09. The van der Waals surface area contributed by atoms with Gasteiger partial charge in [0, 0.05) is 23.1 Å². The number of thiazole rings is 1. The standard InChI is InChI=1S/C18H16BrClN2O2S/c1-24-9-8-22-15-7-4-13(19)11-16(15)25-18(22)21-17(23)10-12-2-5-14(20)6-3-12/h2-7,11H,8-10H2,1H3. The number of rotatable bonds is 5. The van der Waals surface area contributed by atoms with E-state index in [-0.39, 0.29) is 12.3 Å². The van der Waals surface area contributed by atoms with Crippen LogP contribution in [0.4, 0.5) is 0 Å². The fraction of sp³-hybridized carbons (Fsp3) is 0.222. The Bertz CT molecular complexity index is 963. The molecule has 0 spiro atoms. The van der Waals surface area contributed by atoms with Crippen LogP contribution in [0.5, 0.6) is 0 Å². The van der Waals surface area contributed by atoms with Crippen molar-refractivity contribution in [1.82, 2.24) is 4.57 Å². The summed E-state index contributed by atoms with van der Waals surface area (Å²) in [4.78, 5) is 17.4. The molecule has 0 unspecified atom stereocenters. The summed E-state index contributed by atoms with van der Waals surface area (Å²) in [5.74, 6) is -0.181. The molecular formula is C18H16BrClN2O2S. The molecule has 1 heterocycles.